The van der Waals surface area contributed by atoms with Gasteiger partial charge < -0.3 is 10.1 Å². The van der Waals surface area contributed by atoms with Gasteiger partial charge in [0.2, 0.25) is 0 Å². The molecule has 40 heavy (non-hydrogen) atoms. The van der Waals surface area contributed by atoms with Gasteiger partial charge in [0.15, 0.2) is 0 Å². The first-order chi connectivity index (χ1) is 19.3. The highest BCUT2D eigenvalue weighted by Gasteiger charge is 2.21. The van der Waals surface area contributed by atoms with Crippen LogP contribution in [0.5, 0.6) is 5.75 Å². The highest BCUT2D eigenvalue weighted by molar-refractivity contribution is 6.04. The van der Waals surface area contributed by atoms with Crippen LogP contribution in [0.25, 0.3) is 16.8 Å². The largest absolute Gasteiger partial charge is 0.488 e. The second-order valence-corrected chi connectivity index (χ2v) is 10.1. The molecule has 0 aliphatic carbocycles. The summed E-state index contributed by atoms with van der Waals surface area (Å²) in [5.41, 5.74) is 5.84. The number of aryl methyl sites for hydroxylation is 1. The average molecular weight is 528 g/mol. The van der Waals surface area contributed by atoms with E-state index in [0.717, 1.165) is 39.3 Å². The van der Waals surface area contributed by atoms with Crippen LogP contribution in [0.1, 0.15) is 40.9 Å². The second kappa shape index (κ2) is 11.3. The van der Waals surface area contributed by atoms with Gasteiger partial charge in [-0.3, -0.25) is 9.78 Å². The Morgan fingerprint density at radius 3 is 2.65 bits per heavy atom. The highest BCUT2D eigenvalue weighted by Crippen LogP contribution is 2.31. The normalized spacial score (nSPS) is 11.1. The average Bonchev–Trinajstić information content (AvgIpc) is 3.48. The summed E-state index contributed by atoms with van der Waals surface area (Å²) < 4.78 is 7.90. The van der Waals surface area contributed by atoms with Crippen LogP contribution in [0, 0.1) is 18.3 Å². The summed E-state index contributed by atoms with van der Waals surface area (Å²) in [7, 11) is 0. The van der Waals surface area contributed by atoms with Crippen LogP contribution in [0.4, 0.5) is 5.69 Å². The third-order valence-corrected chi connectivity index (χ3v) is 6.75. The summed E-state index contributed by atoms with van der Waals surface area (Å²) >= 11 is 0. The fourth-order valence-corrected chi connectivity index (χ4v) is 4.30. The molecule has 7 heteroatoms. The number of pyridine rings is 1. The van der Waals surface area contributed by atoms with E-state index in [1.54, 1.807) is 41.5 Å². The number of nitrogens with zero attached hydrogens (tertiary/aromatic N) is 4. The molecule has 3 aromatic carbocycles. The Hall–Kier alpha value is -5.22. The molecule has 0 atom stereocenters. The molecule has 5 aromatic rings. The first-order valence-corrected chi connectivity index (χ1v) is 12.9. The molecule has 0 aliphatic heterocycles. The number of anilines is 1. The molecule has 0 aliphatic rings. The van der Waals surface area contributed by atoms with Gasteiger partial charge in [-0.25, -0.2) is 4.68 Å². The number of nitrogens with one attached hydrogen (secondary N) is 1. The smallest absolute Gasteiger partial charge is 0.255 e. The lowest BCUT2D eigenvalue weighted by Crippen LogP contribution is -2.17. The predicted octanol–water partition coefficient (Wildman–Crippen LogP) is 6.88. The maximum Gasteiger partial charge on any atom is 0.255 e. The minimum absolute atomic E-state index is 0.248. The number of hydrogen-bond acceptors (Lipinski definition) is 5. The molecule has 0 saturated heterocycles. The number of nitriles is 1. The quantitative estimate of drug-likeness (QED) is 0.238. The van der Waals surface area contributed by atoms with Crippen molar-refractivity contribution in [1.29, 1.82) is 5.26 Å². The number of carbonyl (C=O) groups excluding carboxylic acids is 1. The Morgan fingerprint density at radius 1 is 1.02 bits per heavy atom. The van der Waals surface area contributed by atoms with E-state index in [1.807, 2.05) is 87.6 Å². The van der Waals surface area contributed by atoms with Gasteiger partial charge >= 0.3 is 0 Å². The molecule has 0 saturated carbocycles. The lowest BCUT2D eigenvalue weighted by atomic mass is 9.85. The van der Waals surface area contributed by atoms with E-state index in [1.165, 1.54) is 0 Å². The maximum atomic E-state index is 13.1. The van der Waals surface area contributed by atoms with Crippen LogP contribution in [0.15, 0.2) is 104 Å². The molecule has 5 rings (SSSR count). The summed E-state index contributed by atoms with van der Waals surface area (Å²) in [6.07, 6.45) is 7.18. The molecular weight excluding hydrogens is 498 g/mol. The number of carbonyl (C=O) groups is 1. The van der Waals surface area contributed by atoms with E-state index in [0.29, 0.717) is 17.9 Å². The van der Waals surface area contributed by atoms with Gasteiger partial charge in [0.1, 0.15) is 12.4 Å². The Bertz CT molecular complexity index is 1700. The zero-order chi connectivity index (χ0) is 28.1. The molecule has 2 aromatic heterocycles. The molecule has 0 radical (unpaired) electrons. The van der Waals surface area contributed by atoms with Crippen molar-refractivity contribution in [3.05, 3.63) is 126 Å². The minimum Gasteiger partial charge on any atom is -0.488 e. The molecule has 7 nitrogen and oxygen atoms in total. The molecule has 1 amide bonds. The fourth-order valence-electron chi connectivity index (χ4n) is 4.30. The summed E-state index contributed by atoms with van der Waals surface area (Å²) in [5, 5.41) is 17.1. The molecule has 0 spiro atoms. The van der Waals surface area contributed by atoms with Gasteiger partial charge in [-0.1, -0.05) is 48.5 Å². The van der Waals surface area contributed by atoms with Crippen LogP contribution in [-0.2, 0) is 12.0 Å². The van der Waals surface area contributed by atoms with E-state index in [9.17, 15) is 10.1 Å². The molecule has 0 unspecified atom stereocenters. The zero-order valence-electron chi connectivity index (χ0n) is 22.6. The van der Waals surface area contributed by atoms with Crippen LogP contribution in [0.2, 0.25) is 0 Å². The van der Waals surface area contributed by atoms with E-state index in [4.69, 9.17) is 4.74 Å². The van der Waals surface area contributed by atoms with Crippen molar-refractivity contribution in [1.82, 2.24) is 14.8 Å². The van der Waals surface area contributed by atoms with Crippen molar-refractivity contribution in [3.8, 4) is 28.6 Å². The van der Waals surface area contributed by atoms with Gasteiger partial charge in [0, 0.05) is 41.0 Å². The highest BCUT2D eigenvalue weighted by atomic mass is 16.5. The molecule has 1 N–H and O–H groups in total. The number of benzene rings is 3. The number of amides is 1. The number of aromatic nitrogens is 3. The minimum atomic E-state index is -0.689. The van der Waals surface area contributed by atoms with Crippen molar-refractivity contribution >= 4 is 11.6 Å². The molecule has 0 bridgehead atoms. The first-order valence-electron chi connectivity index (χ1n) is 12.9. The lowest BCUT2D eigenvalue weighted by molar-refractivity contribution is 0.102. The van der Waals surface area contributed by atoms with Crippen LogP contribution >= 0.6 is 0 Å². The number of hydrogen-bond donors (Lipinski definition) is 1. The summed E-state index contributed by atoms with van der Waals surface area (Å²) in [5.74, 6) is 0.472. The van der Waals surface area contributed by atoms with Gasteiger partial charge in [0.25, 0.3) is 5.91 Å². The van der Waals surface area contributed by atoms with Gasteiger partial charge in [-0.05, 0) is 67.8 Å². The number of ether oxygens (including phenoxy) is 1. The summed E-state index contributed by atoms with van der Waals surface area (Å²) in [6, 6.07) is 27.0. The van der Waals surface area contributed by atoms with Crippen LogP contribution < -0.4 is 10.1 Å². The Labute approximate surface area is 233 Å². The summed E-state index contributed by atoms with van der Waals surface area (Å²) in [6.45, 7) is 6.11. The Kier molecular flexibility index (Phi) is 7.43. The van der Waals surface area contributed by atoms with E-state index >= 15 is 0 Å². The summed E-state index contributed by atoms with van der Waals surface area (Å²) in [4.78, 5) is 17.4. The Balaban J connectivity index is 1.37. The second-order valence-electron chi connectivity index (χ2n) is 10.1. The lowest BCUT2D eigenvalue weighted by Gasteiger charge is -2.16. The van der Waals surface area contributed by atoms with Gasteiger partial charge in [0.05, 0.1) is 23.4 Å². The maximum absolute atomic E-state index is 13.1. The standard InChI is InChI=1S/C33H29N5O2/c1-23-12-13-28(37-32(39)25-10-7-11-27(16-25)33(2,3)22-34)17-30(23)38-20-26(18-36-38)29-19-35-15-14-31(29)40-21-24-8-5-4-6-9-24/h4-20H,21H2,1-3H3,(H,37,39). The van der Waals surface area contributed by atoms with E-state index < -0.39 is 5.41 Å². The first kappa shape index (κ1) is 26.4. The van der Waals surface area contributed by atoms with Crippen LogP contribution in [-0.4, -0.2) is 20.7 Å². The molecule has 2 heterocycles. The topological polar surface area (TPSA) is 92.8 Å². The van der Waals surface area contributed by atoms with Crippen molar-refractivity contribution in [2.24, 2.45) is 0 Å². The third kappa shape index (κ3) is 5.77. The van der Waals surface area contributed by atoms with E-state index in [-0.39, 0.29) is 5.91 Å². The van der Waals surface area contributed by atoms with Crippen molar-refractivity contribution in [2.45, 2.75) is 32.8 Å². The molecule has 198 valence electrons. The van der Waals surface area contributed by atoms with Crippen LogP contribution in [0.3, 0.4) is 0 Å². The van der Waals surface area contributed by atoms with Crippen molar-refractivity contribution < 1.29 is 9.53 Å². The monoisotopic (exact) mass is 527 g/mol. The molecule has 0 fully saturated rings. The fraction of sp³-hybridized carbons (Fsp3) is 0.152. The van der Waals surface area contributed by atoms with Crippen molar-refractivity contribution in [2.75, 3.05) is 5.32 Å². The number of rotatable bonds is 8. The molecular formula is C33H29N5O2. The predicted molar refractivity (Wildman–Crippen MR) is 155 cm³/mol. The third-order valence-electron chi connectivity index (χ3n) is 6.75. The van der Waals surface area contributed by atoms with Crippen molar-refractivity contribution in [3.63, 3.8) is 0 Å². The Morgan fingerprint density at radius 2 is 1.85 bits per heavy atom. The SMILES string of the molecule is Cc1ccc(NC(=O)c2cccc(C(C)(C)C#N)c2)cc1-n1cc(-c2cnccc2OCc2ccccc2)cn1. The van der Waals surface area contributed by atoms with E-state index in [2.05, 4.69) is 21.5 Å². The zero-order valence-corrected chi connectivity index (χ0v) is 22.6. The van der Waals surface area contributed by atoms with Gasteiger partial charge in [-0.2, -0.15) is 10.4 Å². The van der Waals surface area contributed by atoms with Gasteiger partial charge in [-0.15, -0.1) is 0 Å².